The highest BCUT2D eigenvalue weighted by Gasteiger charge is 2.31. The number of anilines is 1. The molecule has 2 N–H and O–H groups in total. The number of amides is 2. The summed E-state index contributed by atoms with van der Waals surface area (Å²) in [5, 5.41) is 11.7. The van der Waals surface area contributed by atoms with Gasteiger partial charge in [-0.3, -0.25) is 14.4 Å². The number of carbonyl (C=O) groups excluding carboxylic acids is 2. The van der Waals surface area contributed by atoms with Gasteiger partial charge in [0.25, 0.3) is 5.91 Å². The van der Waals surface area contributed by atoms with Crippen molar-refractivity contribution in [2.45, 2.75) is 30.2 Å². The van der Waals surface area contributed by atoms with Crippen LogP contribution in [0.25, 0.3) is 0 Å². The molecule has 1 atom stereocenters. The lowest BCUT2D eigenvalue weighted by molar-refractivity contribution is -0.138. The van der Waals surface area contributed by atoms with Gasteiger partial charge in [0.1, 0.15) is 0 Å². The molecule has 7 heteroatoms. The highest BCUT2D eigenvalue weighted by molar-refractivity contribution is 8.00. The number of hydrogen-bond donors (Lipinski definition) is 2. The van der Waals surface area contributed by atoms with E-state index < -0.39 is 5.97 Å². The standard InChI is InChI=1S/C15H16N2O4S/c18-13-8-22-12-4-3-9(6-11(12)16-13)15(21)17-5-1-2-10(17)7-14(19)20/h3-4,6,10H,1-2,5,7-8H2,(H,16,18)(H,19,20). The fourth-order valence-corrected chi connectivity index (χ4v) is 3.69. The number of hydrogen-bond acceptors (Lipinski definition) is 4. The van der Waals surface area contributed by atoms with Crippen LogP contribution in [0.15, 0.2) is 23.1 Å². The lowest BCUT2D eigenvalue weighted by Gasteiger charge is -2.24. The van der Waals surface area contributed by atoms with Gasteiger partial charge >= 0.3 is 5.97 Å². The van der Waals surface area contributed by atoms with Crippen LogP contribution in [0.5, 0.6) is 0 Å². The van der Waals surface area contributed by atoms with Crippen LogP contribution in [0, 0.1) is 0 Å². The van der Waals surface area contributed by atoms with Crippen LogP contribution in [0.1, 0.15) is 29.6 Å². The number of thioether (sulfide) groups is 1. The van der Waals surface area contributed by atoms with Gasteiger partial charge in [0, 0.05) is 23.0 Å². The number of likely N-dealkylation sites (tertiary alicyclic amines) is 1. The van der Waals surface area contributed by atoms with Crippen molar-refractivity contribution in [1.82, 2.24) is 4.90 Å². The van der Waals surface area contributed by atoms with Crippen molar-refractivity contribution >= 4 is 35.2 Å². The second kappa shape index (κ2) is 6.00. The van der Waals surface area contributed by atoms with E-state index in [1.165, 1.54) is 11.8 Å². The zero-order chi connectivity index (χ0) is 15.7. The van der Waals surface area contributed by atoms with Crippen molar-refractivity contribution in [2.24, 2.45) is 0 Å². The number of carboxylic acids is 1. The Bertz CT molecular complexity index is 646. The zero-order valence-electron chi connectivity index (χ0n) is 11.9. The van der Waals surface area contributed by atoms with E-state index >= 15 is 0 Å². The van der Waals surface area contributed by atoms with Crippen LogP contribution < -0.4 is 5.32 Å². The SMILES string of the molecule is O=C(O)CC1CCCN1C(=O)c1ccc2c(c1)NC(=O)CS2. The molecule has 2 aliphatic rings. The summed E-state index contributed by atoms with van der Waals surface area (Å²) in [6.07, 6.45) is 1.51. The fraction of sp³-hybridized carbons (Fsp3) is 0.400. The molecule has 0 bridgehead atoms. The molecule has 2 amide bonds. The Balaban J connectivity index is 1.81. The molecule has 1 saturated heterocycles. The third kappa shape index (κ3) is 2.94. The minimum absolute atomic E-state index is 0.0245. The second-order valence-corrected chi connectivity index (χ2v) is 6.46. The molecule has 1 fully saturated rings. The van der Waals surface area contributed by atoms with Gasteiger partial charge < -0.3 is 15.3 Å². The number of nitrogens with zero attached hydrogens (tertiary/aromatic N) is 1. The van der Waals surface area contributed by atoms with Crippen LogP contribution in [-0.4, -0.2) is 46.1 Å². The van der Waals surface area contributed by atoms with Gasteiger partial charge in [-0.2, -0.15) is 0 Å². The Morgan fingerprint density at radius 3 is 3.00 bits per heavy atom. The van der Waals surface area contributed by atoms with Crippen molar-refractivity contribution < 1.29 is 19.5 Å². The molecule has 116 valence electrons. The summed E-state index contributed by atoms with van der Waals surface area (Å²) in [5.74, 6) is -0.755. The molecule has 1 aromatic rings. The molecule has 0 saturated carbocycles. The molecule has 2 aliphatic heterocycles. The molecule has 6 nitrogen and oxygen atoms in total. The number of fused-ring (bicyclic) bond motifs is 1. The van der Waals surface area contributed by atoms with Crippen molar-refractivity contribution in [3.63, 3.8) is 0 Å². The number of benzene rings is 1. The van der Waals surface area contributed by atoms with E-state index in [9.17, 15) is 14.4 Å². The first-order chi connectivity index (χ1) is 10.5. The van der Waals surface area contributed by atoms with Crippen molar-refractivity contribution in [3.8, 4) is 0 Å². The Morgan fingerprint density at radius 1 is 1.41 bits per heavy atom. The summed E-state index contributed by atoms with van der Waals surface area (Å²) in [5.41, 5.74) is 1.14. The highest BCUT2D eigenvalue weighted by Crippen LogP contribution is 2.33. The molecule has 0 radical (unpaired) electrons. The second-order valence-electron chi connectivity index (χ2n) is 5.44. The van der Waals surface area contributed by atoms with Gasteiger partial charge in [0.15, 0.2) is 0 Å². The predicted octanol–water partition coefficient (Wildman–Crippen LogP) is 1.81. The Labute approximate surface area is 131 Å². The fourth-order valence-electron chi connectivity index (χ4n) is 2.90. The maximum absolute atomic E-state index is 12.6. The molecule has 2 heterocycles. The number of aliphatic carboxylic acids is 1. The number of carboxylic acid groups (broad SMARTS) is 1. The lowest BCUT2D eigenvalue weighted by Crippen LogP contribution is -2.37. The maximum Gasteiger partial charge on any atom is 0.305 e. The van der Waals surface area contributed by atoms with Gasteiger partial charge in [-0.05, 0) is 31.0 Å². The molecule has 3 rings (SSSR count). The predicted molar refractivity (Wildman–Crippen MR) is 82.1 cm³/mol. The van der Waals surface area contributed by atoms with E-state index in [4.69, 9.17) is 5.11 Å². The molecular weight excluding hydrogens is 304 g/mol. The van der Waals surface area contributed by atoms with Crippen molar-refractivity contribution in [1.29, 1.82) is 0 Å². The van der Waals surface area contributed by atoms with E-state index in [1.54, 1.807) is 17.0 Å². The van der Waals surface area contributed by atoms with Crippen LogP contribution in [0.2, 0.25) is 0 Å². The first kappa shape index (κ1) is 14.9. The summed E-state index contributed by atoms with van der Waals surface area (Å²) >= 11 is 1.44. The maximum atomic E-state index is 12.6. The van der Waals surface area contributed by atoms with Crippen molar-refractivity contribution in [3.05, 3.63) is 23.8 Å². The smallest absolute Gasteiger partial charge is 0.305 e. The summed E-state index contributed by atoms with van der Waals surface area (Å²) in [6.45, 7) is 0.578. The minimum Gasteiger partial charge on any atom is -0.481 e. The van der Waals surface area contributed by atoms with Crippen LogP contribution in [-0.2, 0) is 9.59 Å². The van der Waals surface area contributed by atoms with Gasteiger partial charge in [-0.15, -0.1) is 11.8 Å². The first-order valence-corrected chi connectivity index (χ1v) is 8.12. The molecule has 22 heavy (non-hydrogen) atoms. The van der Waals surface area contributed by atoms with E-state index in [0.717, 1.165) is 17.7 Å². The van der Waals surface area contributed by atoms with Crippen molar-refractivity contribution in [2.75, 3.05) is 17.6 Å². The van der Waals surface area contributed by atoms with Crippen LogP contribution >= 0.6 is 11.8 Å². The van der Waals surface area contributed by atoms with Crippen LogP contribution in [0.4, 0.5) is 5.69 Å². The van der Waals surface area contributed by atoms with Gasteiger partial charge in [-0.25, -0.2) is 0 Å². The van der Waals surface area contributed by atoms with E-state index in [2.05, 4.69) is 5.32 Å². The van der Waals surface area contributed by atoms with Gasteiger partial charge in [0.05, 0.1) is 17.9 Å². The number of nitrogens with one attached hydrogen (secondary N) is 1. The molecule has 0 aliphatic carbocycles. The number of rotatable bonds is 3. The Kier molecular flexibility index (Phi) is 4.06. The molecule has 0 spiro atoms. The minimum atomic E-state index is -0.890. The topological polar surface area (TPSA) is 86.7 Å². The Hall–Kier alpha value is -2.02. The van der Waals surface area contributed by atoms with E-state index in [1.807, 2.05) is 6.07 Å². The summed E-state index contributed by atoms with van der Waals surface area (Å²) in [4.78, 5) is 37.5. The highest BCUT2D eigenvalue weighted by atomic mass is 32.2. The van der Waals surface area contributed by atoms with E-state index in [-0.39, 0.29) is 24.3 Å². The van der Waals surface area contributed by atoms with Gasteiger partial charge in [-0.1, -0.05) is 0 Å². The first-order valence-electron chi connectivity index (χ1n) is 7.14. The molecule has 0 aromatic heterocycles. The van der Waals surface area contributed by atoms with Gasteiger partial charge in [0.2, 0.25) is 5.91 Å². The monoisotopic (exact) mass is 320 g/mol. The number of carbonyl (C=O) groups is 3. The molecule has 1 unspecified atom stereocenters. The third-order valence-electron chi connectivity index (χ3n) is 3.91. The third-order valence-corrected chi connectivity index (χ3v) is 4.98. The summed E-state index contributed by atoms with van der Waals surface area (Å²) < 4.78 is 0. The summed E-state index contributed by atoms with van der Waals surface area (Å²) in [6, 6.07) is 5.00. The molecule has 1 aromatic carbocycles. The average Bonchev–Trinajstić information content (AvgIpc) is 2.93. The summed E-state index contributed by atoms with van der Waals surface area (Å²) in [7, 11) is 0. The van der Waals surface area contributed by atoms with E-state index in [0.29, 0.717) is 23.5 Å². The Morgan fingerprint density at radius 2 is 2.23 bits per heavy atom. The average molecular weight is 320 g/mol. The quantitative estimate of drug-likeness (QED) is 0.887. The zero-order valence-corrected chi connectivity index (χ0v) is 12.7. The normalized spacial score (nSPS) is 20.5. The lowest BCUT2D eigenvalue weighted by atomic mass is 10.1. The molecular formula is C15H16N2O4S. The van der Waals surface area contributed by atoms with Crippen LogP contribution in [0.3, 0.4) is 0 Å². The largest absolute Gasteiger partial charge is 0.481 e.